The van der Waals surface area contributed by atoms with Crippen LogP contribution in [0.3, 0.4) is 0 Å². The number of anilines is 1. The minimum absolute atomic E-state index is 0.818. The van der Waals surface area contributed by atoms with Gasteiger partial charge in [0, 0.05) is 17.8 Å². The Morgan fingerprint density at radius 1 is 1.31 bits per heavy atom. The summed E-state index contributed by atoms with van der Waals surface area (Å²) < 4.78 is 5.73. The van der Waals surface area contributed by atoms with Crippen LogP contribution in [0.15, 0.2) is 40.1 Å². The van der Waals surface area contributed by atoms with Gasteiger partial charge in [-0.15, -0.1) is 11.3 Å². The Hall–Kier alpha value is -1.81. The van der Waals surface area contributed by atoms with Crippen molar-refractivity contribution in [2.24, 2.45) is 0 Å². The predicted molar refractivity (Wildman–Crippen MR) is 66.9 cm³/mol. The van der Waals surface area contributed by atoms with Crippen LogP contribution in [0.2, 0.25) is 0 Å². The minimum Gasteiger partial charge on any atom is -0.454 e. The number of fused-ring (bicyclic) bond motifs is 1. The van der Waals surface area contributed by atoms with Crippen LogP contribution in [0, 0.1) is 0 Å². The van der Waals surface area contributed by atoms with E-state index in [-0.39, 0.29) is 0 Å². The van der Waals surface area contributed by atoms with E-state index in [1.807, 2.05) is 42.8 Å². The van der Waals surface area contributed by atoms with E-state index in [2.05, 4.69) is 10.3 Å². The van der Waals surface area contributed by atoms with Crippen molar-refractivity contribution in [2.45, 2.75) is 0 Å². The smallest absolute Gasteiger partial charge is 0.183 e. The summed E-state index contributed by atoms with van der Waals surface area (Å²) in [6.45, 7) is 0. The third-order valence-corrected chi connectivity index (χ3v) is 3.26. The molecule has 0 unspecified atom stereocenters. The number of thiazole rings is 1. The maximum atomic E-state index is 5.73. The van der Waals surface area contributed by atoms with Crippen LogP contribution >= 0.6 is 11.3 Å². The van der Waals surface area contributed by atoms with Gasteiger partial charge in [-0.05, 0) is 12.1 Å². The van der Waals surface area contributed by atoms with Crippen molar-refractivity contribution in [3.63, 3.8) is 0 Å². The normalized spacial score (nSPS) is 10.8. The number of furan rings is 1. The van der Waals surface area contributed by atoms with Crippen LogP contribution in [0.1, 0.15) is 0 Å². The van der Waals surface area contributed by atoms with Gasteiger partial charge in [-0.25, -0.2) is 4.98 Å². The van der Waals surface area contributed by atoms with Crippen molar-refractivity contribution in [3.8, 4) is 11.5 Å². The lowest BCUT2D eigenvalue weighted by molar-refractivity contribution is 0.629. The standard InChI is InChI=1S/C12H10N2OS/c1-13-12-14-9(7-16-12)11-6-8-4-2-3-5-10(8)15-11/h2-7H,1H3,(H,13,14). The summed E-state index contributed by atoms with van der Waals surface area (Å²) in [6, 6.07) is 9.99. The van der Waals surface area contributed by atoms with Crippen molar-refractivity contribution >= 4 is 27.4 Å². The van der Waals surface area contributed by atoms with Gasteiger partial charge in [0.25, 0.3) is 0 Å². The maximum absolute atomic E-state index is 5.73. The molecule has 0 saturated carbocycles. The largest absolute Gasteiger partial charge is 0.454 e. The quantitative estimate of drug-likeness (QED) is 0.731. The highest BCUT2D eigenvalue weighted by molar-refractivity contribution is 7.14. The Morgan fingerprint density at radius 2 is 2.19 bits per heavy atom. The first-order valence-electron chi connectivity index (χ1n) is 4.99. The topological polar surface area (TPSA) is 38.1 Å². The molecule has 0 aliphatic carbocycles. The van der Waals surface area contributed by atoms with Crippen LogP contribution in [0.25, 0.3) is 22.4 Å². The van der Waals surface area contributed by atoms with Gasteiger partial charge >= 0.3 is 0 Å². The van der Waals surface area contributed by atoms with Gasteiger partial charge in [0.1, 0.15) is 11.3 Å². The molecule has 2 heterocycles. The van der Waals surface area contributed by atoms with Crippen molar-refractivity contribution < 1.29 is 4.42 Å². The highest BCUT2D eigenvalue weighted by atomic mass is 32.1. The lowest BCUT2D eigenvalue weighted by Crippen LogP contribution is -1.85. The first kappa shape index (κ1) is 9.42. The maximum Gasteiger partial charge on any atom is 0.183 e. The fraction of sp³-hybridized carbons (Fsp3) is 0.0833. The second kappa shape index (κ2) is 3.64. The first-order valence-corrected chi connectivity index (χ1v) is 5.87. The molecule has 0 spiro atoms. The Kier molecular flexibility index (Phi) is 2.15. The number of benzene rings is 1. The Labute approximate surface area is 96.7 Å². The van der Waals surface area contributed by atoms with E-state index in [0.717, 1.165) is 27.6 Å². The molecule has 0 amide bonds. The molecule has 0 aliphatic heterocycles. The zero-order chi connectivity index (χ0) is 11.0. The summed E-state index contributed by atoms with van der Waals surface area (Å²) in [5.41, 5.74) is 1.78. The number of rotatable bonds is 2. The number of nitrogens with one attached hydrogen (secondary N) is 1. The van der Waals surface area contributed by atoms with Gasteiger partial charge in [-0.2, -0.15) is 0 Å². The number of aromatic nitrogens is 1. The number of nitrogens with zero attached hydrogens (tertiary/aromatic N) is 1. The molecule has 0 bridgehead atoms. The van der Waals surface area contributed by atoms with E-state index >= 15 is 0 Å². The van der Waals surface area contributed by atoms with Gasteiger partial charge in [-0.1, -0.05) is 18.2 Å². The third kappa shape index (κ3) is 1.47. The molecule has 3 nitrogen and oxygen atoms in total. The lowest BCUT2D eigenvalue weighted by Gasteiger charge is -1.89. The monoisotopic (exact) mass is 230 g/mol. The molecule has 16 heavy (non-hydrogen) atoms. The van der Waals surface area contributed by atoms with Crippen LogP contribution in [-0.4, -0.2) is 12.0 Å². The van der Waals surface area contributed by atoms with E-state index in [1.54, 1.807) is 11.3 Å². The SMILES string of the molecule is CNc1nc(-c2cc3ccccc3o2)cs1. The van der Waals surface area contributed by atoms with Gasteiger partial charge in [0.05, 0.1) is 0 Å². The van der Waals surface area contributed by atoms with Crippen molar-refractivity contribution in [3.05, 3.63) is 35.7 Å². The number of hydrogen-bond acceptors (Lipinski definition) is 4. The lowest BCUT2D eigenvalue weighted by atomic mass is 10.2. The summed E-state index contributed by atoms with van der Waals surface area (Å²) in [6.07, 6.45) is 0. The molecule has 0 radical (unpaired) electrons. The molecular formula is C12H10N2OS. The predicted octanol–water partition coefficient (Wildman–Crippen LogP) is 3.60. The van der Waals surface area contributed by atoms with E-state index < -0.39 is 0 Å². The number of hydrogen-bond donors (Lipinski definition) is 1. The highest BCUT2D eigenvalue weighted by Crippen LogP contribution is 2.29. The van der Waals surface area contributed by atoms with Crippen molar-refractivity contribution in [1.29, 1.82) is 0 Å². The summed E-state index contributed by atoms with van der Waals surface area (Å²) in [5, 5.41) is 7.01. The molecule has 80 valence electrons. The molecular weight excluding hydrogens is 220 g/mol. The van der Waals surface area contributed by atoms with Gasteiger partial charge < -0.3 is 9.73 Å². The molecule has 0 atom stereocenters. The van der Waals surface area contributed by atoms with Crippen LogP contribution in [0.4, 0.5) is 5.13 Å². The molecule has 3 rings (SSSR count). The third-order valence-electron chi connectivity index (χ3n) is 2.40. The fourth-order valence-corrected chi connectivity index (χ4v) is 2.27. The van der Waals surface area contributed by atoms with E-state index in [9.17, 15) is 0 Å². The summed E-state index contributed by atoms with van der Waals surface area (Å²) in [4.78, 5) is 4.41. The Bertz CT molecular complexity index is 594. The van der Waals surface area contributed by atoms with Gasteiger partial charge in [0.15, 0.2) is 10.9 Å². The van der Waals surface area contributed by atoms with Crippen molar-refractivity contribution in [1.82, 2.24) is 4.98 Å². The molecule has 4 heteroatoms. The van der Waals surface area contributed by atoms with Gasteiger partial charge in [-0.3, -0.25) is 0 Å². The summed E-state index contributed by atoms with van der Waals surface area (Å²) >= 11 is 1.57. The van der Waals surface area contributed by atoms with Crippen LogP contribution in [-0.2, 0) is 0 Å². The number of para-hydroxylation sites is 1. The molecule has 1 N–H and O–H groups in total. The van der Waals surface area contributed by atoms with Crippen LogP contribution in [0.5, 0.6) is 0 Å². The molecule has 0 aliphatic rings. The average molecular weight is 230 g/mol. The average Bonchev–Trinajstić information content (AvgIpc) is 2.95. The van der Waals surface area contributed by atoms with Gasteiger partial charge in [0.2, 0.25) is 0 Å². The first-order chi connectivity index (χ1) is 7.86. The molecule has 2 aromatic heterocycles. The zero-order valence-electron chi connectivity index (χ0n) is 8.73. The molecule has 1 aromatic carbocycles. The van der Waals surface area contributed by atoms with Crippen molar-refractivity contribution in [2.75, 3.05) is 12.4 Å². The Morgan fingerprint density at radius 3 is 2.94 bits per heavy atom. The second-order valence-corrected chi connectivity index (χ2v) is 4.29. The van der Waals surface area contributed by atoms with E-state index in [0.29, 0.717) is 0 Å². The fourth-order valence-electron chi connectivity index (χ4n) is 1.61. The summed E-state index contributed by atoms with van der Waals surface area (Å²) in [7, 11) is 1.86. The Balaban J connectivity index is 2.11. The van der Waals surface area contributed by atoms with E-state index in [4.69, 9.17) is 4.42 Å². The highest BCUT2D eigenvalue weighted by Gasteiger charge is 2.08. The zero-order valence-corrected chi connectivity index (χ0v) is 9.54. The minimum atomic E-state index is 0.818. The summed E-state index contributed by atoms with van der Waals surface area (Å²) in [5.74, 6) is 0.818. The molecule has 3 aromatic rings. The second-order valence-electron chi connectivity index (χ2n) is 3.44. The van der Waals surface area contributed by atoms with Crippen LogP contribution < -0.4 is 5.32 Å². The van der Waals surface area contributed by atoms with E-state index in [1.165, 1.54) is 0 Å². The molecule has 0 saturated heterocycles. The molecule has 0 fully saturated rings.